The smallest absolute Gasteiger partial charge is 0.280 e. The molecule has 20 heavy (non-hydrogen) atoms. The van der Waals surface area contributed by atoms with E-state index in [4.69, 9.17) is 4.52 Å². The van der Waals surface area contributed by atoms with Crippen LogP contribution in [0, 0.1) is 16.0 Å². The molecule has 1 aromatic carbocycles. The van der Waals surface area contributed by atoms with Crippen LogP contribution in [0.3, 0.4) is 0 Å². The third-order valence-electron chi connectivity index (χ3n) is 3.62. The minimum atomic E-state index is -0.439. The highest BCUT2D eigenvalue weighted by atomic mass is 16.6. The molecule has 2 atom stereocenters. The number of nitrogens with one attached hydrogen (secondary N) is 1. The molecule has 0 saturated carbocycles. The fraction of sp³-hybridized carbons (Fsp3) is 0.385. The number of hydrogen-bond acceptors (Lipinski definition) is 6. The van der Waals surface area contributed by atoms with E-state index in [0.717, 1.165) is 13.1 Å². The lowest BCUT2D eigenvalue weighted by Crippen LogP contribution is -2.08. The number of hydrogen-bond donors (Lipinski definition) is 1. The highest BCUT2D eigenvalue weighted by Crippen LogP contribution is 2.31. The quantitative estimate of drug-likeness (QED) is 0.679. The first-order valence-corrected chi connectivity index (χ1v) is 6.45. The number of nitro groups is 1. The van der Waals surface area contributed by atoms with Crippen LogP contribution in [0.5, 0.6) is 0 Å². The molecule has 1 aromatic heterocycles. The van der Waals surface area contributed by atoms with Crippen molar-refractivity contribution in [3.63, 3.8) is 0 Å². The Labute approximate surface area is 115 Å². The van der Waals surface area contributed by atoms with Gasteiger partial charge in [-0.05, 0) is 18.5 Å². The summed E-state index contributed by atoms with van der Waals surface area (Å²) in [6.45, 7) is 3.81. The summed E-state index contributed by atoms with van der Waals surface area (Å²) in [5.74, 6) is 1.38. The van der Waals surface area contributed by atoms with Crippen LogP contribution in [-0.2, 0) is 0 Å². The van der Waals surface area contributed by atoms with Gasteiger partial charge < -0.3 is 9.84 Å². The van der Waals surface area contributed by atoms with Crippen molar-refractivity contribution in [1.82, 2.24) is 15.5 Å². The summed E-state index contributed by atoms with van der Waals surface area (Å²) >= 11 is 0. The van der Waals surface area contributed by atoms with Crippen molar-refractivity contribution in [2.45, 2.75) is 12.8 Å². The van der Waals surface area contributed by atoms with Gasteiger partial charge in [0.2, 0.25) is 11.7 Å². The second-order valence-electron chi connectivity index (χ2n) is 4.97. The van der Waals surface area contributed by atoms with Gasteiger partial charge in [0.1, 0.15) is 5.56 Å². The highest BCUT2D eigenvalue weighted by Gasteiger charge is 2.30. The van der Waals surface area contributed by atoms with Gasteiger partial charge in [0.15, 0.2) is 0 Å². The molecule has 3 rings (SSSR count). The summed E-state index contributed by atoms with van der Waals surface area (Å²) in [6, 6.07) is 6.40. The monoisotopic (exact) mass is 274 g/mol. The maximum Gasteiger partial charge on any atom is 0.280 e. The molecule has 7 nitrogen and oxygen atoms in total. The van der Waals surface area contributed by atoms with Crippen LogP contribution in [0.15, 0.2) is 28.8 Å². The van der Waals surface area contributed by atoms with Crippen LogP contribution >= 0.6 is 0 Å². The summed E-state index contributed by atoms with van der Waals surface area (Å²) in [6.07, 6.45) is 0. The van der Waals surface area contributed by atoms with E-state index >= 15 is 0 Å². The molecule has 104 valence electrons. The van der Waals surface area contributed by atoms with E-state index in [2.05, 4.69) is 22.4 Å². The summed E-state index contributed by atoms with van der Waals surface area (Å²) in [4.78, 5) is 14.9. The Morgan fingerprint density at radius 1 is 1.40 bits per heavy atom. The molecule has 1 aliphatic heterocycles. The van der Waals surface area contributed by atoms with Crippen molar-refractivity contribution in [3.8, 4) is 11.4 Å². The normalized spacial score (nSPS) is 22.1. The van der Waals surface area contributed by atoms with Crippen LogP contribution in [0.4, 0.5) is 5.69 Å². The molecule has 0 unspecified atom stereocenters. The minimum Gasteiger partial charge on any atom is -0.339 e. The molecule has 1 fully saturated rings. The predicted molar refractivity (Wildman–Crippen MR) is 71.2 cm³/mol. The lowest BCUT2D eigenvalue weighted by atomic mass is 9.98. The van der Waals surface area contributed by atoms with Crippen molar-refractivity contribution < 1.29 is 9.45 Å². The molecule has 0 bridgehead atoms. The van der Waals surface area contributed by atoms with Gasteiger partial charge in [-0.2, -0.15) is 4.98 Å². The van der Waals surface area contributed by atoms with E-state index in [0.29, 0.717) is 17.4 Å². The van der Waals surface area contributed by atoms with Gasteiger partial charge in [-0.3, -0.25) is 10.1 Å². The molecular formula is C13H14N4O3. The Morgan fingerprint density at radius 3 is 2.90 bits per heavy atom. The molecule has 1 saturated heterocycles. The molecule has 7 heteroatoms. The molecule has 2 heterocycles. The maximum atomic E-state index is 11.0. The van der Waals surface area contributed by atoms with Crippen LogP contribution in [-0.4, -0.2) is 28.2 Å². The minimum absolute atomic E-state index is 0.0163. The molecular weight excluding hydrogens is 260 g/mol. The molecule has 1 aliphatic rings. The Kier molecular flexibility index (Phi) is 3.19. The lowest BCUT2D eigenvalue weighted by molar-refractivity contribution is -0.384. The fourth-order valence-electron chi connectivity index (χ4n) is 2.46. The van der Waals surface area contributed by atoms with Crippen molar-refractivity contribution in [2.24, 2.45) is 5.92 Å². The second-order valence-corrected chi connectivity index (χ2v) is 4.97. The van der Waals surface area contributed by atoms with Gasteiger partial charge in [0, 0.05) is 12.6 Å². The number of aromatic nitrogens is 2. The van der Waals surface area contributed by atoms with Gasteiger partial charge in [-0.15, -0.1) is 0 Å². The zero-order valence-electron chi connectivity index (χ0n) is 10.9. The first-order valence-electron chi connectivity index (χ1n) is 6.45. The standard InChI is InChI=1S/C13H14N4O3/c1-8-6-14-7-10(8)13-15-12(16-20-13)9-4-2-3-5-11(9)17(18)19/h2-5,8,10,14H,6-7H2,1H3/t8-,10-/m1/s1. The Morgan fingerprint density at radius 2 is 2.20 bits per heavy atom. The zero-order chi connectivity index (χ0) is 14.1. The topological polar surface area (TPSA) is 94.1 Å². The first kappa shape index (κ1) is 12.7. The number of rotatable bonds is 3. The third-order valence-corrected chi connectivity index (χ3v) is 3.62. The molecule has 0 radical (unpaired) electrons. The number of nitro benzene ring substituents is 1. The molecule has 1 N–H and O–H groups in total. The van der Waals surface area contributed by atoms with Crippen molar-refractivity contribution in [1.29, 1.82) is 0 Å². The Balaban J connectivity index is 1.96. The number of para-hydroxylation sites is 1. The Hall–Kier alpha value is -2.28. The molecule has 0 amide bonds. The number of benzene rings is 1. The van der Waals surface area contributed by atoms with Gasteiger partial charge in [0.05, 0.1) is 10.8 Å². The van der Waals surface area contributed by atoms with Gasteiger partial charge in [-0.25, -0.2) is 0 Å². The number of nitrogens with zero attached hydrogens (tertiary/aromatic N) is 3. The summed E-state index contributed by atoms with van der Waals surface area (Å²) in [5, 5.41) is 18.2. The van der Waals surface area contributed by atoms with Crippen LogP contribution in [0.25, 0.3) is 11.4 Å². The molecule has 0 spiro atoms. The Bertz CT molecular complexity index is 640. The summed E-state index contributed by atoms with van der Waals surface area (Å²) in [5.41, 5.74) is 0.364. The van der Waals surface area contributed by atoms with Crippen LogP contribution < -0.4 is 5.32 Å². The average molecular weight is 274 g/mol. The predicted octanol–water partition coefficient (Wildman–Crippen LogP) is 1.97. The molecule has 0 aliphatic carbocycles. The van der Waals surface area contributed by atoms with Crippen molar-refractivity contribution in [3.05, 3.63) is 40.3 Å². The van der Waals surface area contributed by atoms with E-state index in [-0.39, 0.29) is 17.4 Å². The van der Waals surface area contributed by atoms with E-state index < -0.39 is 4.92 Å². The van der Waals surface area contributed by atoms with E-state index in [1.807, 2.05) is 0 Å². The van der Waals surface area contributed by atoms with Crippen molar-refractivity contribution >= 4 is 5.69 Å². The third kappa shape index (κ3) is 2.16. The maximum absolute atomic E-state index is 11.0. The highest BCUT2D eigenvalue weighted by molar-refractivity contribution is 5.67. The van der Waals surface area contributed by atoms with E-state index in [9.17, 15) is 10.1 Å². The van der Waals surface area contributed by atoms with Gasteiger partial charge in [0.25, 0.3) is 5.69 Å². The van der Waals surface area contributed by atoms with E-state index in [1.54, 1.807) is 18.2 Å². The summed E-state index contributed by atoms with van der Waals surface area (Å²) < 4.78 is 5.28. The van der Waals surface area contributed by atoms with Crippen LogP contribution in [0.2, 0.25) is 0 Å². The van der Waals surface area contributed by atoms with Crippen molar-refractivity contribution in [2.75, 3.05) is 13.1 Å². The first-order chi connectivity index (χ1) is 9.66. The molecule has 2 aromatic rings. The average Bonchev–Trinajstić information content (AvgIpc) is 3.07. The van der Waals surface area contributed by atoms with Crippen LogP contribution in [0.1, 0.15) is 18.7 Å². The SMILES string of the molecule is C[C@@H]1CNC[C@H]1c1nc(-c2ccccc2[N+](=O)[O-])no1. The zero-order valence-corrected chi connectivity index (χ0v) is 10.9. The van der Waals surface area contributed by atoms with Gasteiger partial charge >= 0.3 is 0 Å². The second kappa shape index (κ2) is 5.01. The van der Waals surface area contributed by atoms with E-state index in [1.165, 1.54) is 6.07 Å². The largest absolute Gasteiger partial charge is 0.339 e. The fourth-order valence-corrected chi connectivity index (χ4v) is 2.46. The lowest BCUT2D eigenvalue weighted by Gasteiger charge is -2.07. The summed E-state index contributed by atoms with van der Waals surface area (Å²) in [7, 11) is 0. The van der Waals surface area contributed by atoms with Gasteiger partial charge in [-0.1, -0.05) is 24.2 Å².